The minimum Gasteiger partial charge on any atom is -0.489 e. The van der Waals surface area contributed by atoms with Crippen molar-refractivity contribution in [2.75, 3.05) is 5.32 Å². The first kappa shape index (κ1) is 16.1. The van der Waals surface area contributed by atoms with Crippen molar-refractivity contribution in [3.63, 3.8) is 0 Å². The molecule has 0 radical (unpaired) electrons. The molecule has 124 valence electrons. The smallest absolute Gasteiger partial charge is 0.246 e. The molecule has 1 saturated heterocycles. The second kappa shape index (κ2) is 7.17. The Kier molecular flexibility index (Phi) is 4.79. The molecule has 5 heteroatoms. The Morgan fingerprint density at radius 1 is 1.21 bits per heavy atom. The van der Waals surface area contributed by atoms with Gasteiger partial charge >= 0.3 is 0 Å². The number of amides is 2. The van der Waals surface area contributed by atoms with E-state index in [0.717, 1.165) is 22.6 Å². The molecule has 2 aromatic carbocycles. The second-order valence-electron chi connectivity index (χ2n) is 5.84. The van der Waals surface area contributed by atoms with Gasteiger partial charge in [-0.25, -0.2) is 0 Å². The molecule has 1 unspecified atom stereocenters. The lowest BCUT2D eigenvalue weighted by atomic mass is 10.1. The third-order valence-corrected chi connectivity index (χ3v) is 4.15. The summed E-state index contributed by atoms with van der Waals surface area (Å²) in [4.78, 5) is 23.5. The highest BCUT2D eigenvalue weighted by Gasteiger charge is 2.27. The average molecular weight is 324 g/mol. The van der Waals surface area contributed by atoms with Crippen LogP contribution in [0.5, 0.6) is 5.75 Å². The lowest BCUT2D eigenvalue weighted by Crippen LogP contribution is -2.37. The first-order chi connectivity index (χ1) is 11.6. The molecule has 2 amide bonds. The van der Waals surface area contributed by atoms with Gasteiger partial charge in [-0.1, -0.05) is 30.3 Å². The van der Waals surface area contributed by atoms with E-state index in [-0.39, 0.29) is 11.8 Å². The van der Waals surface area contributed by atoms with E-state index in [4.69, 9.17) is 4.74 Å². The average Bonchev–Trinajstić information content (AvgIpc) is 3.03. The fourth-order valence-electron chi connectivity index (χ4n) is 2.68. The number of ether oxygens (including phenoxy) is 1. The van der Waals surface area contributed by atoms with Crippen molar-refractivity contribution in [1.29, 1.82) is 0 Å². The number of rotatable bonds is 5. The van der Waals surface area contributed by atoms with Gasteiger partial charge in [0.25, 0.3) is 0 Å². The summed E-state index contributed by atoms with van der Waals surface area (Å²) < 4.78 is 5.78. The van der Waals surface area contributed by atoms with Crippen LogP contribution < -0.4 is 15.4 Å². The molecule has 0 saturated carbocycles. The molecule has 24 heavy (non-hydrogen) atoms. The largest absolute Gasteiger partial charge is 0.489 e. The lowest BCUT2D eigenvalue weighted by molar-refractivity contribution is -0.122. The van der Waals surface area contributed by atoms with Gasteiger partial charge in [-0.05, 0) is 42.7 Å². The molecule has 1 heterocycles. The fraction of sp³-hybridized carbons (Fsp3) is 0.263. The maximum Gasteiger partial charge on any atom is 0.246 e. The van der Waals surface area contributed by atoms with Gasteiger partial charge in [-0.3, -0.25) is 9.59 Å². The van der Waals surface area contributed by atoms with Gasteiger partial charge in [-0.2, -0.15) is 0 Å². The van der Waals surface area contributed by atoms with Gasteiger partial charge < -0.3 is 15.4 Å². The number of nitrogens with one attached hydrogen (secondary N) is 2. The minimum absolute atomic E-state index is 0.0723. The van der Waals surface area contributed by atoms with Crippen LogP contribution in [0.2, 0.25) is 0 Å². The third-order valence-electron chi connectivity index (χ3n) is 4.15. The maximum atomic E-state index is 12.2. The van der Waals surface area contributed by atoms with Crippen LogP contribution >= 0.6 is 0 Å². The molecule has 2 N–H and O–H groups in total. The zero-order valence-corrected chi connectivity index (χ0v) is 13.5. The first-order valence-corrected chi connectivity index (χ1v) is 8.00. The molecule has 1 aliphatic heterocycles. The number of hydrogen-bond acceptors (Lipinski definition) is 3. The zero-order valence-electron chi connectivity index (χ0n) is 13.5. The SMILES string of the molecule is Cc1c(COc2ccccc2)cccc1NC(=O)C1CCC(=O)N1. The quantitative estimate of drug-likeness (QED) is 0.889. The van der Waals surface area contributed by atoms with Gasteiger partial charge in [0, 0.05) is 12.1 Å². The zero-order chi connectivity index (χ0) is 16.9. The van der Waals surface area contributed by atoms with Gasteiger partial charge in [-0.15, -0.1) is 0 Å². The molecule has 0 bridgehead atoms. The minimum atomic E-state index is -0.443. The van der Waals surface area contributed by atoms with Crippen molar-refractivity contribution < 1.29 is 14.3 Å². The Morgan fingerprint density at radius 2 is 2.00 bits per heavy atom. The summed E-state index contributed by atoms with van der Waals surface area (Å²) in [7, 11) is 0. The van der Waals surface area contributed by atoms with Crippen molar-refractivity contribution in [3.8, 4) is 5.75 Å². The molecule has 2 aromatic rings. The van der Waals surface area contributed by atoms with E-state index < -0.39 is 6.04 Å². The molecule has 5 nitrogen and oxygen atoms in total. The molecule has 0 aliphatic carbocycles. The number of benzene rings is 2. The van der Waals surface area contributed by atoms with Crippen LogP contribution in [-0.4, -0.2) is 17.9 Å². The molecular weight excluding hydrogens is 304 g/mol. The van der Waals surface area contributed by atoms with E-state index >= 15 is 0 Å². The monoisotopic (exact) mass is 324 g/mol. The molecule has 0 spiro atoms. The van der Waals surface area contributed by atoms with Crippen LogP contribution in [0, 0.1) is 6.92 Å². The Bertz CT molecular complexity index is 744. The van der Waals surface area contributed by atoms with Crippen LogP contribution in [0.15, 0.2) is 48.5 Å². The van der Waals surface area contributed by atoms with Crippen molar-refractivity contribution in [2.45, 2.75) is 32.4 Å². The van der Waals surface area contributed by atoms with E-state index in [1.807, 2.05) is 55.5 Å². The summed E-state index contributed by atoms with van der Waals surface area (Å²) in [5.74, 6) is 0.557. The Hall–Kier alpha value is -2.82. The molecule has 1 aliphatic rings. The summed E-state index contributed by atoms with van der Waals surface area (Å²) >= 11 is 0. The highest BCUT2D eigenvalue weighted by atomic mass is 16.5. The highest BCUT2D eigenvalue weighted by Crippen LogP contribution is 2.22. The van der Waals surface area contributed by atoms with Gasteiger partial charge in [0.15, 0.2) is 0 Å². The van der Waals surface area contributed by atoms with E-state index in [0.29, 0.717) is 19.4 Å². The summed E-state index contributed by atoms with van der Waals surface area (Å²) in [5.41, 5.74) is 2.72. The number of hydrogen-bond donors (Lipinski definition) is 2. The number of carbonyl (C=O) groups excluding carboxylic acids is 2. The van der Waals surface area contributed by atoms with E-state index in [1.165, 1.54) is 0 Å². The number of anilines is 1. The number of carbonyl (C=O) groups is 2. The van der Waals surface area contributed by atoms with Crippen LogP contribution in [0.1, 0.15) is 24.0 Å². The van der Waals surface area contributed by atoms with E-state index in [1.54, 1.807) is 0 Å². The fourth-order valence-corrected chi connectivity index (χ4v) is 2.68. The standard InChI is InChI=1S/C19H20N2O3/c1-13-14(12-24-15-7-3-2-4-8-15)6-5-9-16(13)21-19(23)17-10-11-18(22)20-17/h2-9,17H,10-12H2,1H3,(H,20,22)(H,21,23). The highest BCUT2D eigenvalue weighted by molar-refractivity contribution is 5.99. The number of para-hydroxylation sites is 1. The summed E-state index contributed by atoms with van der Waals surface area (Å²) in [6.07, 6.45) is 0.947. The Morgan fingerprint density at radius 3 is 2.71 bits per heavy atom. The van der Waals surface area contributed by atoms with Crippen LogP contribution in [0.25, 0.3) is 0 Å². The molecule has 0 aromatic heterocycles. The summed E-state index contributed by atoms with van der Waals surface area (Å²) in [5, 5.41) is 5.58. The summed E-state index contributed by atoms with van der Waals surface area (Å²) in [6.45, 7) is 2.38. The first-order valence-electron chi connectivity index (χ1n) is 8.00. The maximum absolute atomic E-state index is 12.2. The van der Waals surface area contributed by atoms with Crippen LogP contribution in [0.3, 0.4) is 0 Å². The predicted octanol–water partition coefficient (Wildman–Crippen LogP) is 2.79. The third kappa shape index (κ3) is 3.74. The lowest BCUT2D eigenvalue weighted by Gasteiger charge is -2.15. The molecule has 3 rings (SSSR count). The van der Waals surface area contributed by atoms with Crippen LogP contribution in [-0.2, 0) is 16.2 Å². The van der Waals surface area contributed by atoms with E-state index in [9.17, 15) is 9.59 Å². The predicted molar refractivity (Wildman–Crippen MR) is 91.7 cm³/mol. The second-order valence-corrected chi connectivity index (χ2v) is 5.84. The van der Waals surface area contributed by atoms with Gasteiger partial charge in [0.05, 0.1) is 0 Å². The Balaban J connectivity index is 1.66. The molecule has 1 fully saturated rings. The topological polar surface area (TPSA) is 67.4 Å². The van der Waals surface area contributed by atoms with Crippen molar-refractivity contribution >= 4 is 17.5 Å². The summed E-state index contributed by atoms with van der Waals surface area (Å²) in [6, 6.07) is 14.9. The van der Waals surface area contributed by atoms with E-state index in [2.05, 4.69) is 10.6 Å². The van der Waals surface area contributed by atoms with Gasteiger partial charge in [0.2, 0.25) is 11.8 Å². The normalized spacial score (nSPS) is 16.5. The Labute approximate surface area is 141 Å². The van der Waals surface area contributed by atoms with Crippen LogP contribution in [0.4, 0.5) is 5.69 Å². The molecule has 1 atom stereocenters. The van der Waals surface area contributed by atoms with Crippen molar-refractivity contribution in [1.82, 2.24) is 5.32 Å². The molecular formula is C19H20N2O3. The van der Waals surface area contributed by atoms with Gasteiger partial charge in [0.1, 0.15) is 18.4 Å². The van der Waals surface area contributed by atoms with Crippen molar-refractivity contribution in [2.24, 2.45) is 0 Å². The van der Waals surface area contributed by atoms with Crippen molar-refractivity contribution in [3.05, 3.63) is 59.7 Å².